The molecule has 0 aliphatic carbocycles. The fraction of sp³-hybridized carbons (Fsp3) is 0.533. The summed E-state index contributed by atoms with van der Waals surface area (Å²) in [4.78, 5) is 29.8. The molecule has 2 rings (SSSR count). The minimum Gasteiger partial charge on any atom is -0.550 e. The summed E-state index contributed by atoms with van der Waals surface area (Å²) in [6.07, 6.45) is 2.09. The van der Waals surface area contributed by atoms with Crippen LogP contribution in [0, 0.1) is 5.92 Å². The number of amides is 1. The summed E-state index contributed by atoms with van der Waals surface area (Å²) in [5.41, 5.74) is 0. The van der Waals surface area contributed by atoms with Gasteiger partial charge in [-0.15, -0.1) is 0 Å². The maximum Gasteiger partial charge on any atom is 0.274 e. The van der Waals surface area contributed by atoms with Crippen molar-refractivity contribution in [1.29, 1.82) is 0 Å². The Kier molecular flexibility index (Phi) is 5.14. The van der Waals surface area contributed by atoms with Gasteiger partial charge in [-0.25, -0.2) is 4.98 Å². The average molecular weight is 291 g/mol. The lowest BCUT2D eigenvalue weighted by atomic mass is 10.0. The lowest BCUT2D eigenvalue weighted by Gasteiger charge is -2.31. The van der Waals surface area contributed by atoms with E-state index in [9.17, 15) is 14.7 Å². The Labute approximate surface area is 124 Å². The number of carboxylic acid groups (broad SMARTS) is 1. The molecule has 1 aromatic heterocycles. The molecular weight excluding hydrogens is 270 g/mol. The molecule has 1 atom stereocenters. The Hall–Kier alpha value is -2.11. The largest absolute Gasteiger partial charge is 0.550 e. The second kappa shape index (κ2) is 7.06. The van der Waals surface area contributed by atoms with Gasteiger partial charge in [0.25, 0.3) is 5.82 Å². The zero-order valence-corrected chi connectivity index (χ0v) is 12.2. The smallest absolute Gasteiger partial charge is 0.274 e. The van der Waals surface area contributed by atoms with Gasteiger partial charge in [0.1, 0.15) is 13.1 Å². The predicted octanol–water partition coefficient (Wildman–Crippen LogP) is -0.684. The van der Waals surface area contributed by atoms with Crippen molar-refractivity contribution < 1.29 is 19.7 Å². The van der Waals surface area contributed by atoms with Crippen LogP contribution in [0.15, 0.2) is 24.4 Å². The molecule has 0 bridgehead atoms. The Morgan fingerprint density at radius 1 is 1.24 bits per heavy atom. The van der Waals surface area contributed by atoms with E-state index in [0.717, 1.165) is 18.9 Å². The highest BCUT2D eigenvalue weighted by atomic mass is 16.4. The van der Waals surface area contributed by atoms with Crippen LogP contribution in [-0.4, -0.2) is 43.0 Å². The number of nitrogens with zero attached hydrogens (tertiary/aromatic N) is 2. The molecule has 1 N–H and O–H groups in total. The molecule has 1 saturated heterocycles. The minimum absolute atomic E-state index is 0.0282. The van der Waals surface area contributed by atoms with E-state index in [0.29, 0.717) is 13.1 Å². The molecule has 1 aromatic rings. The van der Waals surface area contributed by atoms with Crippen LogP contribution in [0.3, 0.4) is 0 Å². The molecule has 0 aromatic carbocycles. The van der Waals surface area contributed by atoms with Crippen LogP contribution >= 0.6 is 0 Å². The lowest BCUT2D eigenvalue weighted by Crippen LogP contribution is -2.50. The van der Waals surface area contributed by atoms with Crippen LogP contribution in [-0.2, 0) is 9.59 Å². The molecule has 6 nitrogen and oxygen atoms in total. The van der Waals surface area contributed by atoms with E-state index in [4.69, 9.17) is 0 Å². The maximum atomic E-state index is 12.1. The summed E-state index contributed by atoms with van der Waals surface area (Å²) in [5, 5.41) is 10.5. The molecule has 0 saturated carbocycles. The monoisotopic (exact) mass is 291 g/mol. The number of pyridine rings is 1. The van der Waals surface area contributed by atoms with Crippen molar-refractivity contribution >= 4 is 17.7 Å². The summed E-state index contributed by atoms with van der Waals surface area (Å²) < 4.78 is 0. The number of piperazine rings is 1. The van der Waals surface area contributed by atoms with E-state index >= 15 is 0 Å². The number of H-pyrrole nitrogens is 1. The molecule has 1 aliphatic heterocycles. The predicted molar refractivity (Wildman–Crippen MR) is 75.2 cm³/mol. The number of carbonyl (C=O) groups excluding carboxylic acids is 2. The van der Waals surface area contributed by atoms with Gasteiger partial charge in [-0.2, -0.15) is 0 Å². The molecule has 6 heteroatoms. The first-order chi connectivity index (χ1) is 10.1. The van der Waals surface area contributed by atoms with Crippen LogP contribution in [0.25, 0.3) is 0 Å². The average Bonchev–Trinajstić information content (AvgIpc) is 2.47. The van der Waals surface area contributed by atoms with E-state index in [1.54, 1.807) is 6.92 Å². The van der Waals surface area contributed by atoms with Gasteiger partial charge in [0.05, 0.1) is 19.3 Å². The van der Waals surface area contributed by atoms with E-state index in [2.05, 4.69) is 9.88 Å². The molecule has 1 amide bonds. The summed E-state index contributed by atoms with van der Waals surface area (Å²) in [5.74, 6) is -0.196. The van der Waals surface area contributed by atoms with Crippen molar-refractivity contribution in [3.63, 3.8) is 0 Å². The number of aliphatic carboxylic acids is 1. The van der Waals surface area contributed by atoms with Crippen molar-refractivity contribution in [3.05, 3.63) is 24.4 Å². The van der Waals surface area contributed by atoms with E-state index < -0.39 is 5.97 Å². The van der Waals surface area contributed by atoms with Gasteiger partial charge in [-0.3, -0.25) is 9.69 Å². The van der Waals surface area contributed by atoms with Gasteiger partial charge in [0.2, 0.25) is 5.91 Å². The minimum atomic E-state index is -1.10. The number of hydrogen-bond acceptors (Lipinski definition) is 4. The van der Waals surface area contributed by atoms with Crippen LogP contribution < -0.4 is 15.0 Å². The zero-order chi connectivity index (χ0) is 15.2. The molecule has 114 valence electrons. The fourth-order valence-electron chi connectivity index (χ4n) is 2.56. The highest BCUT2D eigenvalue weighted by molar-refractivity contribution is 5.77. The first kappa shape index (κ1) is 15.3. The highest BCUT2D eigenvalue weighted by Gasteiger charge is 2.26. The quantitative estimate of drug-likeness (QED) is 0.720. The number of aromatic nitrogens is 1. The van der Waals surface area contributed by atoms with Crippen molar-refractivity contribution in [1.82, 2.24) is 4.90 Å². The standard InChI is InChI=1S/C15H21N3O3/c1-12(11-15(20)21)10-14(19)18-8-6-17(7-9-18)13-4-2-3-5-16-13/h2-5,12H,6-11H2,1H3,(H,20,21)/t12-/m1/s1. The van der Waals surface area contributed by atoms with E-state index in [1.807, 2.05) is 29.3 Å². The second-order valence-electron chi connectivity index (χ2n) is 5.50. The van der Waals surface area contributed by atoms with E-state index in [1.165, 1.54) is 0 Å². The van der Waals surface area contributed by atoms with Crippen molar-refractivity contribution in [2.45, 2.75) is 19.8 Å². The molecule has 0 unspecified atom stereocenters. The summed E-state index contributed by atoms with van der Waals surface area (Å²) in [6, 6.07) is 5.92. The van der Waals surface area contributed by atoms with Crippen molar-refractivity contribution in [2.75, 3.05) is 31.1 Å². The van der Waals surface area contributed by atoms with Crippen molar-refractivity contribution in [3.8, 4) is 0 Å². The molecule has 21 heavy (non-hydrogen) atoms. The first-order valence-corrected chi connectivity index (χ1v) is 7.25. The number of carboxylic acids is 1. The molecule has 0 spiro atoms. The van der Waals surface area contributed by atoms with Gasteiger partial charge in [-0.05, 0) is 18.4 Å². The van der Waals surface area contributed by atoms with Gasteiger partial charge < -0.3 is 14.8 Å². The Morgan fingerprint density at radius 3 is 2.52 bits per heavy atom. The van der Waals surface area contributed by atoms with Gasteiger partial charge in [-0.1, -0.05) is 13.0 Å². The third-order valence-electron chi connectivity index (χ3n) is 3.70. The Balaban J connectivity index is 1.81. The molecule has 1 fully saturated rings. The van der Waals surface area contributed by atoms with Crippen molar-refractivity contribution in [2.24, 2.45) is 5.92 Å². The molecule has 1 aliphatic rings. The van der Waals surface area contributed by atoms with Gasteiger partial charge in [0.15, 0.2) is 0 Å². The van der Waals surface area contributed by atoms with Gasteiger partial charge in [0, 0.05) is 18.5 Å². The van der Waals surface area contributed by atoms with Crippen LogP contribution in [0.1, 0.15) is 19.8 Å². The third-order valence-corrected chi connectivity index (χ3v) is 3.70. The summed E-state index contributed by atoms with van der Waals surface area (Å²) >= 11 is 0. The Bertz CT molecular complexity index is 484. The van der Waals surface area contributed by atoms with Crippen LogP contribution in [0.4, 0.5) is 5.82 Å². The lowest BCUT2D eigenvalue weighted by molar-refractivity contribution is -0.364. The SMILES string of the molecule is C[C@@H](CC(=O)[O-])CC(=O)N1CCN(c2cccc[nH+]2)CC1. The number of carbonyl (C=O) groups is 2. The number of nitrogens with one attached hydrogen (secondary N) is 1. The second-order valence-corrected chi connectivity index (χ2v) is 5.50. The molecule has 0 radical (unpaired) electrons. The summed E-state index contributed by atoms with van der Waals surface area (Å²) in [7, 11) is 0. The highest BCUT2D eigenvalue weighted by Crippen LogP contribution is 2.13. The number of rotatable bonds is 5. The van der Waals surface area contributed by atoms with Crippen LogP contribution in [0.5, 0.6) is 0 Å². The first-order valence-electron chi connectivity index (χ1n) is 7.25. The number of aromatic amines is 1. The number of hydrogen-bond donors (Lipinski definition) is 0. The summed E-state index contributed by atoms with van der Waals surface area (Å²) in [6.45, 7) is 4.66. The van der Waals surface area contributed by atoms with Gasteiger partial charge >= 0.3 is 0 Å². The normalized spacial score (nSPS) is 16.6. The zero-order valence-electron chi connectivity index (χ0n) is 12.2. The topological polar surface area (TPSA) is 77.8 Å². The maximum absolute atomic E-state index is 12.1. The third kappa shape index (κ3) is 4.44. The molecule has 2 heterocycles. The number of anilines is 1. The van der Waals surface area contributed by atoms with Crippen LogP contribution in [0.2, 0.25) is 0 Å². The Morgan fingerprint density at radius 2 is 1.95 bits per heavy atom. The fourth-order valence-corrected chi connectivity index (χ4v) is 2.56. The molecular formula is C15H21N3O3. The van der Waals surface area contributed by atoms with E-state index in [-0.39, 0.29) is 24.7 Å².